The van der Waals surface area contributed by atoms with Gasteiger partial charge in [-0.1, -0.05) is 13.8 Å². The standard InChI is InChI=1S/C15H30N2O/c1-5-12-10-16-15(3,6-2)11-17(12)13-7-8-14(9-13)18-4/h12-14,16H,5-11H2,1-4H3. The molecule has 0 spiro atoms. The largest absolute Gasteiger partial charge is 0.381 e. The predicted octanol–water partition coefficient (Wildman–Crippen LogP) is 2.41. The molecule has 1 saturated heterocycles. The number of hydrogen-bond donors (Lipinski definition) is 1. The monoisotopic (exact) mass is 254 g/mol. The molecule has 2 rings (SSSR count). The highest BCUT2D eigenvalue weighted by atomic mass is 16.5. The molecule has 0 bridgehead atoms. The highest BCUT2D eigenvalue weighted by Crippen LogP contribution is 2.31. The SMILES string of the molecule is CCC1CNC(C)(CC)CN1C1CCC(OC)C1. The van der Waals surface area contributed by atoms with Crippen molar-refractivity contribution < 1.29 is 4.74 Å². The van der Waals surface area contributed by atoms with E-state index in [1.165, 1.54) is 38.6 Å². The van der Waals surface area contributed by atoms with E-state index in [2.05, 4.69) is 31.0 Å². The number of nitrogens with one attached hydrogen (secondary N) is 1. The fraction of sp³-hybridized carbons (Fsp3) is 1.00. The van der Waals surface area contributed by atoms with Gasteiger partial charge in [0.15, 0.2) is 0 Å². The Balaban J connectivity index is 2.02. The van der Waals surface area contributed by atoms with Gasteiger partial charge in [-0.05, 0) is 39.0 Å². The summed E-state index contributed by atoms with van der Waals surface area (Å²) in [6, 6.07) is 1.46. The number of rotatable bonds is 4. The minimum absolute atomic E-state index is 0.302. The average Bonchev–Trinajstić information content (AvgIpc) is 2.87. The van der Waals surface area contributed by atoms with E-state index in [9.17, 15) is 0 Å². The summed E-state index contributed by atoms with van der Waals surface area (Å²) in [6.07, 6.45) is 6.74. The van der Waals surface area contributed by atoms with Crippen LogP contribution in [0.15, 0.2) is 0 Å². The Kier molecular flexibility index (Phi) is 4.68. The minimum Gasteiger partial charge on any atom is -0.381 e. The first kappa shape index (κ1) is 14.3. The second-order valence-electron chi connectivity index (χ2n) is 6.35. The Bertz CT molecular complexity index is 271. The highest BCUT2D eigenvalue weighted by molar-refractivity contribution is 4.98. The van der Waals surface area contributed by atoms with E-state index in [0.717, 1.165) is 12.6 Å². The van der Waals surface area contributed by atoms with E-state index < -0.39 is 0 Å². The van der Waals surface area contributed by atoms with E-state index in [1.54, 1.807) is 0 Å². The van der Waals surface area contributed by atoms with Gasteiger partial charge < -0.3 is 10.1 Å². The molecule has 4 atom stereocenters. The van der Waals surface area contributed by atoms with Crippen LogP contribution in [0.3, 0.4) is 0 Å². The first-order chi connectivity index (χ1) is 8.61. The van der Waals surface area contributed by atoms with Gasteiger partial charge in [0.25, 0.3) is 0 Å². The smallest absolute Gasteiger partial charge is 0.0586 e. The van der Waals surface area contributed by atoms with Crippen molar-refractivity contribution in [3.63, 3.8) is 0 Å². The molecule has 4 unspecified atom stereocenters. The molecule has 2 aliphatic rings. The quantitative estimate of drug-likeness (QED) is 0.834. The minimum atomic E-state index is 0.302. The Morgan fingerprint density at radius 1 is 1.33 bits per heavy atom. The van der Waals surface area contributed by atoms with E-state index in [0.29, 0.717) is 17.7 Å². The van der Waals surface area contributed by atoms with Crippen molar-refractivity contribution in [2.75, 3.05) is 20.2 Å². The van der Waals surface area contributed by atoms with Crippen molar-refractivity contribution in [3.05, 3.63) is 0 Å². The number of hydrogen-bond acceptors (Lipinski definition) is 3. The van der Waals surface area contributed by atoms with Crippen molar-refractivity contribution in [3.8, 4) is 0 Å². The number of piperazine rings is 1. The lowest BCUT2D eigenvalue weighted by Gasteiger charge is -2.48. The van der Waals surface area contributed by atoms with Gasteiger partial charge in [-0.25, -0.2) is 0 Å². The van der Waals surface area contributed by atoms with Crippen LogP contribution in [0.1, 0.15) is 52.9 Å². The van der Waals surface area contributed by atoms with Crippen LogP contribution in [0.4, 0.5) is 0 Å². The molecule has 1 saturated carbocycles. The van der Waals surface area contributed by atoms with Crippen molar-refractivity contribution >= 4 is 0 Å². The highest BCUT2D eigenvalue weighted by Gasteiger charge is 2.39. The molecule has 2 fully saturated rings. The Hall–Kier alpha value is -0.120. The molecular weight excluding hydrogens is 224 g/mol. The van der Waals surface area contributed by atoms with Gasteiger partial charge in [0, 0.05) is 37.8 Å². The van der Waals surface area contributed by atoms with Gasteiger partial charge in [0.05, 0.1) is 6.10 Å². The predicted molar refractivity (Wildman–Crippen MR) is 75.9 cm³/mol. The summed E-state index contributed by atoms with van der Waals surface area (Å²) in [5.74, 6) is 0. The van der Waals surface area contributed by atoms with Crippen LogP contribution < -0.4 is 5.32 Å². The van der Waals surface area contributed by atoms with Crippen molar-refractivity contribution in [2.45, 2.75) is 76.6 Å². The molecular formula is C15H30N2O. The van der Waals surface area contributed by atoms with E-state index >= 15 is 0 Å². The second kappa shape index (κ2) is 5.89. The lowest BCUT2D eigenvalue weighted by molar-refractivity contribution is 0.0353. The van der Waals surface area contributed by atoms with E-state index in [1.807, 2.05) is 7.11 Å². The molecule has 0 aromatic rings. The molecule has 0 aromatic carbocycles. The van der Waals surface area contributed by atoms with Crippen LogP contribution in [0.5, 0.6) is 0 Å². The third-order valence-electron chi connectivity index (χ3n) is 5.18. The zero-order valence-electron chi connectivity index (χ0n) is 12.5. The first-order valence-corrected chi connectivity index (χ1v) is 7.65. The first-order valence-electron chi connectivity index (χ1n) is 7.65. The number of methoxy groups -OCH3 is 1. The van der Waals surface area contributed by atoms with Crippen molar-refractivity contribution in [2.24, 2.45) is 0 Å². The summed E-state index contributed by atoms with van der Waals surface area (Å²) >= 11 is 0. The molecule has 1 aliphatic heterocycles. The van der Waals surface area contributed by atoms with Gasteiger partial charge >= 0.3 is 0 Å². The summed E-state index contributed by atoms with van der Waals surface area (Å²) in [5.41, 5.74) is 0.302. The summed E-state index contributed by atoms with van der Waals surface area (Å²) in [6.45, 7) is 9.33. The Morgan fingerprint density at radius 3 is 2.67 bits per heavy atom. The second-order valence-corrected chi connectivity index (χ2v) is 6.35. The molecule has 106 valence electrons. The van der Waals surface area contributed by atoms with Crippen LogP contribution in [-0.2, 0) is 4.74 Å². The maximum absolute atomic E-state index is 5.54. The topological polar surface area (TPSA) is 24.5 Å². The van der Waals surface area contributed by atoms with Gasteiger partial charge in [-0.2, -0.15) is 0 Å². The van der Waals surface area contributed by atoms with Gasteiger partial charge in [-0.15, -0.1) is 0 Å². The summed E-state index contributed by atoms with van der Waals surface area (Å²) in [5, 5.41) is 3.75. The summed E-state index contributed by atoms with van der Waals surface area (Å²) < 4.78 is 5.54. The number of nitrogens with zero attached hydrogens (tertiary/aromatic N) is 1. The van der Waals surface area contributed by atoms with E-state index in [4.69, 9.17) is 4.74 Å². The Labute approximate surface area is 112 Å². The third kappa shape index (κ3) is 2.89. The van der Waals surface area contributed by atoms with Crippen LogP contribution in [0, 0.1) is 0 Å². The molecule has 1 aliphatic carbocycles. The normalized spacial score (nSPS) is 42.3. The lowest BCUT2D eigenvalue weighted by Crippen LogP contribution is -2.64. The fourth-order valence-corrected chi connectivity index (χ4v) is 3.55. The van der Waals surface area contributed by atoms with Gasteiger partial charge in [0.1, 0.15) is 0 Å². The van der Waals surface area contributed by atoms with Crippen molar-refractivity contribution in [1.82, 2.24) is 10.2 Å². The Morgan fingerprint density at radius 2 is 2.11 bits per heavy atom. The summed E-state index contributed by atoms with van der Waals surface area (Å²) in [7, 11) is 1.86. The fourth-order valence-electron chi connectivity index (χ4n) is 3.55. The van der Waals surface area contributed by atoms with Crippen LogP contribution >= 0.6 is 0 Å². The zero-order valence-corrected chi connectivity index (χ0v) is 12.5. The maximum Gasteiger partial charge on any atom is 0.0586 e. The van der Waals surface area contributed by atoms with E-state index in [-0.39, 0.29) is 0 Å². The summed E-state index contributed by atoms with van der Waals surface area (Å²) in [4.78, 5) is 2.78. The lowest BCUT2D eigenvalue weighted by atomic mass is 9.91. The molecule has 1 N–H and O–H groups in total. The van der Waals surface area contributed by atoms with Crippen molar-refractivity contribution in [1.29, 1.82) is 0 Å². The molecule has 0 aromatic heterocycles. The molecule has 18 heavy (non-hydrogen) atoms. The third-order valence-corrected chi connectivity index (χ3v) is 5.18. The molecule has 3 nitrogen and oxygen atoms in total. The maximum atomic E-state index is 5.54. The average molecular weight is 254 g/mol. The zero-order chi connectivity index (χ0) is 13.2. The molecule has 3 heteroatoms. The van der Waals surface area contributed by atoms with Crippen LogP contribution in [0.25, 0.3) is 0 Å². The molecule has 1 heterocycles. The van der Waals surface area contributed by atoms with Gasteiger partial charge in [-0.3, -0.25) is 4.90 Å². The number of ether oxygens (including phenoxy) is 1. The van der Waals surface area contributed by atoms with Crippen LogP contribution in [-0.4, -0.2) is 48.8 Å². The molecule has 0 amide bonds. The van der Waals surface area contributed by atoms with Crippen LogP contribution in [0.2, 0.25) is 0 Å². The molecule has 0 radical (unpaired) electrons. The van der Waals surface area contributed by atoms with Gasteiger partial charge in [0.2, 0.25) is 0 Å².